The van der Waals surface area contributed by atoms with Crippen molar-refractivity contribution < 1.29 is 4.21 Å². The Hall–Kier alpha value is -3.42. The topological polar surface area (TPSA) is 72.2 Å². The van der Waals surface area contributed by atoms with Crippen LogP contribution in [0.25, 0.3) is 38.9 Å². The van der Waals surface area contributed by atoms with Crippen LogP contribution in [0.5, 0.6) is 0 Å². The number of benzene rings is 2. The lowest BCUT2D eigenvalue weighted by molar-refractivity contribution is 0.616. The zero-order valence-electron chi connectivity index (χ0n) is 19.7. The summed E-state index contributed by atoms with van der Waals surface area (Å²) in [4.78, 5) is 5.06. The van der Waals surface area contributed by atoms with Crippen LogP contribution in [0.15, 0.2) is 79.3 Å². The molecule has 0 bridgehead atoms. The van der Waals surface area contributed by atoms with Crippen LogP contribution in [0.1, 0.15) is 39.3 Å². The van der Waals surface area contributed by atoms with E-state index in [-0.39, 0.29) is 10.8 Å². The summed E-state index contributed by atoms with van der Waals surface area (Å²) >= 11 is 0. The molecule has 0 aliphatic carbocycles. The van der Waals surface area contributed by atoms with Gasteiger partial charge in [0.15, 0.2) is 5.65 Å². The maximum Gasteiger partial charge on any atom is 0.170 e. The largest absolute Gasteiger partial charge is 0.288 e. The lowest BCUT2D eigenvalue weighted by Crippen LogP contribution is -2.34. The normalized spacial score (nSPS) is 13.9. The minimum absolute atomic E-state index is 0.0338. The molecule has 0 aliphatic heterocycles. The molecule has 0 aliphatic rings. The summed E-state index contributed by atoms with van der Waals surface area (Å²) in [5.74, 6) is 0. The van der Waals surface area contributed by atoms with Crippen molar-refractivity contribution in [3.05, 3.63) is 84.8 Å². The first-order valence-electron chi connectivity index (χ1n) is 11.3. The molecule has 0 saturated heterocycles. The molecule has 3 heterocycles. The van der Waals surface area contributed by atoms with Gasteiger partial charge in [-0.3, -0.25) is 4.40 Å². The maximum atomic E-state index is 12.5. The van der Waals surface area contributed by atoms with Crippen LogP contribution in [-0.4, -0.2) is 28.5 Å². The highest BCUT2D eigenvalue weighted by molar-refractivity contribution is 7.84. The molecule has 0 radical (unpaired) electrons. The molecule has 2 unspecified atom stereocenters. The molecule has 3 aromatic heterocycles. The molecule has 6 nitrogen and oxygen atoms in total. The van der Waals surface area contributed by atoms with Gasteiger partial charge in [0.25, 0.3) is 0 Å². The van der Waals surface area contributed by atoms with Crippen molar-refractivity contribution in [2.75, 3.05) is 0 Å². The number of rotatable bonds is 5. The molecule has 0 saturated carbocycles. The average Bonchev–Trinajstić information content (AvgIpc) is 3.33. The molecule has 2 atom stereocenters. The van der Waals surface area contributed by atoms with E-state index >= 15 is 0 Å². The van der Waals surface area contributed by atoms with Gasteiger partial charge in [-0.25, -0.2) is 13.9 Å². The van der Waals surface area contributed by atoms with E-state index in [9.17, 15) is 4.21 Å². The van der Waals surface area contributed by atoms with E-state index < -0.39 is 11.0 Å². The number of nitrogens with zero attached hydrogens (tertiary/aromatic N) is 4. The van der Waals surface area contributed by atoms with E-state index in [0.717, 1.165) is 44.5 Å². The number of hydrogen-bond acceptors (Lipinski definition) is 4. The van der Waals surface area contributed by atoms with Gasteiger partial charge in [-0.2, -0.15) is 0 Å². The first-order chi connectivity index (χ1) is 16.3. The molecule has 0 spiro atoms. The van der Waals surface area contributed by atoms with Crippen LogP contribution >= 0.6 is 0 Å². The van der Waals surface area contributed by atoms with Crippen molar-refractivity contribution in [1.82, 2.24) is 24.3 Å². The van der Waals surface area contributed by atoms with E-state index in [1.54, 1.807) is 6.33 Å². The van der Waals surface area contributed by atoms with Crippen molar-refractivity contribution in [1.29, 1.82) is 0 Å². The third-order valence-corrected chi connectivity index (χ3v) is 7.55. The van der Waals surface area contributed by atoms with E-state index in [2.05, 4.69) is 57.4 Å². The third kappa shape index (κ3) is 4.24. The monoisotopic (exact) mass is 469 g/mol. The molecule has 5 rings (SSSR count). The van der Waals surface area contributed by atoms with Gasteiger partial charge < -0.3 is 0 Å². The molecule has 1 N–H and O–H groups in total. The number of hydrogen-bond donors (Lipinski definition) is 1. The van der Waals surface area contributed by atoms with Crippen molar-refractivity contribution in [2.24, 2.45) is 0 Å². The Morgan fingerprint density at radius 1 is 0.971 bits per heavy atom. The highest BCUT2D eigenvalue weighted by Gasteiger charge is 2.22. The second kappa shape index (κ2) is 8.74. The molecule has 34 heavy (non-hydrogen) atoms. The Bertz CT molecular complexity index is 1490. The highest BCUT2D eigenvalue weighted by Crippen LogP contribution is 2.34. The lowest BCUT2D eigenvalue weighted by Gasteiger charge is -2.22. The predicted molar refractivity (Wildman–Crippen MR) is 139 cm³/mol. The van der Waals surface area contributed by atoms with Gasteiger partial charge in [0.2, 0.25) is 0 Å². The standard InChI is InChI=1S/C27H27N5OS/c1-18(31-34(33)27(2,3)4)19-10-12-21(13-11-19)25-22(20-8-6-5-7-9-20)16-23-24(29-25)14-15-32-17-28-30-26(23)32/h5-18,31H,1-4H3. The minimum atomic E-state index is -1.14. The van der Waals surface area contributed by atoms with Gasteiger partial charge in [0.1, 0.15) is 6.33 Å². The predicted octanol–water partition coefficient (Wildman–Crippen LogP) is 5.72. The van der Waals surface area contributed by atoms with Gasteiger partial charge >= 0.3 is 0 Å². The molecule has 5 aromatic rings. The zero-order valence-corrected chi connectivity index (χ0v) is 20.5. The molecule has 172 valence electrons. The smallest absolute Gasteiger partial charge is 0.170 e. The highest BCUT2D eigenvalue weighted by atomic mass is 32.2. The quantitative estimate of drug-likeness (QED) is 0.357. The number of pyridine rings is 2. The average molecular weight is 470 g/mol. The van der Waals surface area contributed by atoms with Crippen molar-refractivity contribution in [3.8, 4) is 22.4 Å². The Morgan fingerprint density at radius 2 is 1.71 bits per heavy atom. The van der Waals surface area contributed by atoms with E-state index in [1.165, 1.54) is 0 Å². The fourth-order valence-corrected chi connectivity index (χ4v) is 4.73. The second-order valence-electron chi connectivity index (χ2n) is 9.40. The van der Waals surface area contributed by atoms with Crippen LogP contribution in [0.4, 0.5) is 0 Å². The zero-order chi connectivity index (χ0) is 23.9. The molecule has 2 aromatic carbocycles. The van der Waals surface area contributed by atoms with E-state index in [4.69, 9.17) is 4.98 Å². The van der Waals surface area contributed by atoms with Gasteiger partial charge in [-0.15, -0.1) is 10.2 Å². The maximum absolute atomic E-state index is 12.5. The molecule has 0 fully saturated rings. The van der Waals surface area contributed by atoms with Crippen LogP contribution < -0.4 is 4.72 Å². The fourth-order valence-electron chi connectivity index (χ4n) is 3.92. The van der Waals surface area contributed by atoms with Gasteiger partial charge in [0.05, 0.1) is 26.9 Å². The summed E-state index contributed by atoms with van der Waals surface area (Å²) in [5.41, 5.74) is 6.80. The van der Waals surface area contributed by atoms with Crippen LogP contribution in [0.2, 0.25) is 0 Å². The lowest BCUT2D eigenvalue weighted by atomic mass is 9.96. The first kappa shape index (κ1) is 22.4. The summed E-state index contributed by atoms with van der Waals surface area (Å²) in [6, 6.07) is 22.7. The summed E-state index contributed by atoms with van der Waals surface area (Å²) in [6.45, 7) is 7.94. The number of nitrogens with one attached hydrogen (secondary N) is 1. The van der Waals surface area contributed by atoms with Gasteiger partial charge in [-0.05, 0) is 51.0 Å². The van der Waals surface area contributed by atoms with Crippen LogP contribution in [0, 0.1) is 0 Å². The number of fused-ring (bicyclic) bond motifs is 3. The van der Waals surface area contributed by atoms with E-state index in [1.807, 2.05) is 62.6 Å². The minimum Gasteiger partial charge on any atom is -0.288 e. The summed E-state index contributed by atoms with van der Waals surface area (Å²) < 4.78 is 17.3. The summed E-state index contributed by atoms with van der Waals surface area (Å²) in [5, 5.41) is 9.31. The van der Waals surface area contributed by atoms with Gasteiger partial charge in [-0.1, -0.05) is 54.6 Å². The Kier molecular flexibility index (Phi) is 5.75. The van der Waals surface area contributed by atoms with Crippen molar-refractivity contribution in [2.45, 2.75) is 38.5 Å². The van der Waals surface area contributed by atoms with Crippen molar-refractivity contribution in [3.63, 3.8) is 0 Å². The summed E-state index contributed by atoms with van der Waals surface area (Å²) in [7, 11) is -1.14. The van der Waals surface area contributed by atoms with Crippen LogP contribution in [-0.2, 0) is 11.0 Å². The van der Waals surface area contributed by atoms with Crippen molar-refractivity contribution >= 4 is 27.5 Å². The molecule has 7 heteroatoms. The molecule has 0 amide bonds. The third-order valence-electron chi connectivity index (χ3n) is 5.87. The Morgan fingerprint density at radius 3 is 2.41 bits per heavy atom. The Balaban J connectivity index is 1.59. The SMILES string of the molecule is CC(NS(=O)C(C)(C)C)c1ccc(-c2nc3ccn4cnnc4c3cc2-c2ccccc2)cc1. The van der Waals surface area contributed by atoms with Crippen LogP contribution in [0.3, 0.4) is 0 Å². The van der Waals surface area contributed by atoms with Gasteiger partial charge in [0, 0.05) is 28.8 Å². The molecular weight excluding hydrogens is 442 g/mol. The second-order valence-corrected chi connectivity index (χ2v) is 11.4. The first-order valence-corrected chi connectivity index (χ1v) is 12.4. The summed E-state index contributed by atoms with van der Waals surface area (Å²) in [6.07, 6.45) is 3.63. The number of aromatic nitrogens is 4. The molecular formula is C27H27N5OS. The Labute approximate surface area is 201 Å². The van der Waals surface area contributed by atoms with E-state index in [0.29, 0.717) is 0 Å². The fraction of sp³-hybridized carbons (Fsp3) is 0.222.